The van der Waals surface area contributed by atoms with E-state index in [9.17, 15) is 17.6 Å². The number of anilines is 2. The fourth-order valence-electron chi connectivity index (χ4n) is 3.32. The highest BCUT2D eigenvalue weighted by Crippen LogP contribution is 2.32. The molecule has 0 aliphatic rings. The number of ether oxygens (including phenoxy) is 2. The summed E-state index contributed by atoms with van der Waals surface area (Å²) in [6, 6.07) is 23.2. The number of amides is 1. The van der Waals surface area contributed by atoms with Crippen molar-refractivity contribution in [3.05, 3.63) is 107 Å². The summed E-state index contributed by atoms with van der Waals surface area (Å²) in [6.45, 7) is 1.32. The molecule has 4 rings (SSSR count). The van der Waals surface area contributed by atoms with Gasteiger partial charge in [0.05, 0.1) is 10.6 Å². The van der Waals surface area contributed by atoms with Gasteiger partial charge in [0.1, 0.15) is 17.3 Å². The minimum Gasteiger partial charge on any atom is -0.483 e. The number of carbonyl (C=O) groups excluding carboxylic acids is 1. The zero-order valence-electron chi connectivity index (χ0n) is 19.6. The molecule has 0 fully saturated rings. The van der Waals surface area contributed by atoms with E-state index in [4.69, 9.17) is 21.1 Å². The Hall–Kier alpha value is -4.08. The van der Waals surface area contributed by atoms with Crippen LogP contribution in [-0.4, -0.2) is 20.9 Å². The maximum absolute atomic E-state index is 13.1. The molecule has 0 saturated carbocycles. The molecule has 0 atom stereocenters. The number of sulfonamides is 1. The number of nitrogens with one attached hydrogen (secondary N) is 2. The van der Waals surface area contributed by atoms with Crippen molar-refractivity contribution >= 4 is 38.9 Å². The summed E-state index contributed by atoms with van der Waals surface area (Å²) in [6.07, 6.45) is 0. The predicted molar refractivity (Wildman–Crippen MR) is 140 cm³/mol. The lowest BCUT2D eigenvalue weighted by molar-refractivity contribution is -0.118. The predicted octanol–water partition coefficient (Wildman–Crippen LogP) is 6.40. The van der Waals surface area contributed by atoms with Gasteiger partial charge in [0.25, 0.3) is 15.9 Å². The van der Waals surface area contributed by atoms with E-state index in [2.05, 4.69) is 10.0 Å². The van der Waals surface area contributed by atoms with E-state index in [0.717, 1.165) is 12.1 Å². The third kappa shape index (κ3) is 6.99. The van der Waals surface area contributed by atoms with E-state index in [1.54, 1.807) is 37.3 Å². The van der Waals surface area contributed by atoms with Crippen LogP contribution in [0.25, 0.3) is 0 Å². The summed E-state index contributed by atoms with van der Waals surface area (Å²) < 4.78 is 52.3. The minimum absolute atomic E-state index is 0.00671. The number of rotatable bonds is 9. The summed E-state index contributed by atoms with van der Waals surface area (Å²) in [7, 11) is -3.91. The quantitative estimate of drug-likeness (QED) is 0.256. The first-order valence-electron chi connectivity index (χ1n) is 11.0. The molecule has 4 aromatic rings. The number of hydrogen-bond donors (Lipinski definition) is 2. The summed E-state index contributed by atoms with van der Waals surface area (Å²) in [5, 5.41) is 3.14. The minimum atomic E-state index is -3.91. The molecule has 0 aromatic heterocycles. The third-order valence-corrected chi connectivity index (χ3v) is 6.71. The second-order valence-corrected chi connectivity index (χ2v) is 10.1. The van der Waals surface area contributed by atoms with E-state index in [0.29, 0.717) is 33.5 Å². The lowest BCUT2D eigenvalue weighted by atomic mass is 10.2. The lowest BCUT2D eigenvalue weighted by Crippen LogP contribution is -2.21. The molecule has 2 N–H and O–H groups in total. The molecular weight excluding hydrogens is 519 g/mol. The van der Waals surface area contributed by atoms with Gasteiger partial charge in [-0.05, 0) is 85.3 Å². The molecule has 190 valence electrons. The Labute approximate surface area is 218 Å². The molecule has 0 aliphatic heterocycles. The van der Waals surface area contributed by atoms with Crippen LogP contribution >= 0.6 is 11.6 Å². The van der Waals surface area contributed by atoms with Crippen LogP contribution in [0.5, 0.6) is 17.2 Å². The molecule has 1 amide bonds. The van der Waals surface area contributed by atoms with Gasteiger partial charge in [0, 0.05) is 10.7 Å². The molecule has 0 heterocycles. The van der Waals surface area contributed by atoms with Gasteiger partial charge in [-0.3, -0.25) is 9.52 Å². The van der Waals surface area contributed by atoms with Gasteiger partial charge in [-0.25, -0.2) is 12.8 Å². The normalized spacial score (nSPS) is 11.0. The molecule has 0 saturated heterocycles. The van der Waals surface area contributed by atoms with Gasteiger partial charge in [0.2, 0.25) is 0 Å². The average Bonchev–Trinajstić information content (AvgIpc) is 2.87. The van der Waals surface area contributed by atoms with Gasteiger partial charge in [-0.2, -0.15) is 0 Å². The van der Waals surface area contributed by atoms with Gasteiger partial charge < -0.3 is 14.8 Å². The van der Waals surface area contributed by atoms with E-state index < -0.39 is 21.7 Å². The fourth-order valence-corrected chi connectivity index (χ4v) is 4.63. The van der Waals surface area contributed by atoms with Crippen molar-refractivity contribution < 1.29 is 27.1 Å². The van der Waals surface area contributed by atoms with E-state index >= 15 is 0 Å². The fraction of sp³-hybridized carbons (Fsp3) is 0.0741. The van der Waals surface area contributed by atoms with Crippen molar-refractivity contribution in [3.63, 3.8) is 0 Å². The Kier molecular flexibility index (Phi) is 7.95. The topological polar surface area (TPSA) is 93.7 Å². The Balaban J connectivity index is 1.40. The van der Waals surface area contributed by atoms with Crippen LogP contribution in [0, 0.1) is 12.7 Å². The zero-order chi connectivity index (χ0) is 26.4. The summed E-state index contributed by atoms with van der Waals surface area (Å²) in [5.41, 5.74) is 1.10. The van der Waals surface area contributed by atoms with Crippen LogP contribution in [0.3, 0.4) is 0 Å². The van der Waals surface area contributed by atoms with Gasteiger partial charge in [-0.15, -0.1) is 0 Å². The molecule has 0 unspecified atom stereocenters. The summed E-state index contributed by atoms with van der Waals surface area (Å²) >= 11 is 6.10. The van der Waals surface area contributed by atoms with Crippen LogP contribution in [-0.2, 0) is 14.8 Å². The largest absolute Gasteiger partial charge is 0.483 e. The second-order valence-electron chi connectivity index (χ2n) is 7.93. The van der Waals surface area contributed by atoms with Crippen molar-refractivity contribution in [1.82, 2.24) is 0 Å². The number of para-hydroxylation sites is 1. The average molecular weight is 541 g/mol. The molecule has 0 bridgehead atoms. The van der Waals surface area contributed by atoms with E-state index in [1.807, 2.05) is 18.2 Å². The van der Waals surface area contributed by atoms with E-state index in [-0.39, 0.29) is 17.2 Å². The Morgan fingerprint density at radius 1 is 0.919 bits per heavy atom. The summed E-state index contributed by atoms with van der Waals surface area (Å²) in [4.78, 5) is 12.6. The van der Waals surface area contributed by atoms with Crippen LogP contribution in [0.4, 0.5) is 15.8 Å². The van der Waals surface area contributed by atoms with Gasteiger partial charge in [-0.1, -0.05) is 29.8 Å². The highest BCUT2D eigenvalue weighted by atomic mass is 35.5. The highest BCUT2D eigenvalue weighted by molar-refractivity contribution is 7.92. The molecule has 7 nitrogen and oxygen atoms in total. The Morgan fingerprint density at radius 2 is 1.62 bits per heavy atom. The molecule has 37 heavy (non-hydrogen) atoms. The third-order valence-electron chi connectivity index (χ3n) is 5.10. The van der Waals surface area contributed by atoms with Crippen LogP contribution in [0.2, 0.25) is 5.02 Å². The van der Waals surface area contributed by atoms with E-state index in [1.165, 1.54) is 30.3 Å². The standard InChI is InChI=1S/C27H22ClFN2O5S/c1-18-15-23(37(33,34)31-21-10-8-20(29)9-11-21)12-14-25(18)35-17-27(32)30-24-16-19(28)7-13-26(24)36-22-5-3-2-4-6-22/h2-16,31H,17H2,1H3,(H,30,32). The first-order chi connectivity index (χ1) is 17.7. The van der Waals surface area contributed by atoms with Crippen molar-refractivity contribution in [3.8, 4) is 17.2 Å². The van der Waals surface area contributed by atoms with Crippen LogP contribution in [0.15, 0.2) is 95.9 Å². The smallest absolute Gasteiger partial charge is 0.262 e. The second kappa shape index (κ2) is 11.3. The monoisotopic (exact) mass is 540 g/mol. The van der Waals surface area contributed by atoms with Crippen molar-refractivity contribution in [2.45, 2.75) is 11.8 Å². The lowest BCUT2D eigenvalue weighted by Gasteiger charge is -2.14. The van der Waals surface area contributed by atoms with Crippen molar-refractivity contribution in [2.75, 3.05) is 16.6 Å². The molecular formula is C27H22ClFN2O5S. The number of benzene rings is 4. The first-order valence-corrected chi connectivity index (χ1v) is 12.9. The molecule has 10 heteroatoms. The maximum atomic E-state index is 13.1. The SMILES string of the molecule is Cc1cc(S(=O)(=O)Nc2ccc(F)cc2)ccc1OCC(=O)Nc1cc(Cl)ccc1Oc1ccccc1. The number of carbonyl (C=O) groups is 1. The van der Waals surface area contributed by atoms with Gasteiger partial charge >= 0.3 is 0 Å². The van der Waals surface area contributed by atoms with Crippen molar-refractivity contribution in [2.24, 2.45) is 0 Å². The van der Waals surface area contributed by atoms with Crippen molar-refractivity contribution in [1.29, 1.82) is 0 Å². The van der Waals surface area contributed by atoms with Gasteiger partial charge in [0.15, 0.2) is 12.4 Å². The first kappa shape index (κ1) is 26.0. The Morgan fingerprint density at radius 3 is 2.32 bits per heavy atom. The highest BCUT2D eigenvalue weighted by Gasteiger charge is 2.17. The number of aryl methyl sites for hydroxylation is 1. The molecule has 0 spiro atoms. The molecule has 0 radical (unpaired) electrons. The zero-order valence-corrected chi connectivity index (χ0v) is 21.1. The molecule has 4 aromatic carbocycles. The molecule has 0 aliphatic carbocycles. The summed E-state index contributed by atoms with van der Waals surface area (Å²) in [5.74, 6) is 0.399. The maximum Gasteiger partial charge on any atom is 0.262 e. The Bertz CT molecular complexity index is 1510. The number of halogens is 2. The van der Waals surface area contributed by atoms with Crippen LogP contribution in [0.1, 0.15) is 5.56 Å². The van der Waals surface area contributed by atoms with Crippen LogP contribution < -0.4 is 19.5 Å². The number of hydrogen-bond acceptors (Lipinski definition) is 5.